The first-order valence-corrected chi connectivity index (χ1v) is 3.60. The number of nitrogens with one attached hydrogen (secondary N) is 1. The van der Waals surface area contributed by atoms with Gasteiger partial charge in [0.2, 0.25) is 0 Å². The number of hydrogen-bond acceptors (Lipinski definition) is 2. The van der Waals surface area contributed by atoms with Crippen LogP contribution >= 0.6 is 0 Å². The van der Waals surface area contributed by atoms with Gasteiger partial charge in [-0.05, 0) is 13.0 Å². The first-order chi connectivity index (χ1) is 6.24. The van der Waals surface area contributed by atoms with Crippen LogP contribution < -0.4 is 5.32 Å². The Morgan fingerprint density at radius 3 is 3.08 bits per heavy atom. The van der Waals surface area contributed by atoms with Crippen LogP contribution in [0.5, 0.6) is 0 Å². The molecular weight excluding hydrogens is 168 g/mol. The number of hydrogen-bond donors (Lipinski definition) is 2. The van der Waals surface area contributed by atoms with Crippen LogP contribution in [0.25, 0.3) is 0 Å². The minimum atomic E-state index is -1.11. The molecule has 0 aliphatic carbocycles. The van der Waals surface area contributed by atoms with Gasteiger partial charge in [0.1, 0.15) is 0 Å². The van der Waals surface area contributed by atoms with E-state index in [0.717, 1.165) is 0 Å². The van der Waals surface area contributed by atoms with Crippen molar-refractivity contribution < 1.29 is 9.90 Å². The largest absolute Gasteiger partial charge is 0.465 e. The predicted octanol–water partition coefficient (Wildman–Crippen LogP) is 1.54. The number of carbonyl (C=O) groups is 1. The third-order valence-electron chi connectivity index (χ3n) is 1.32. The highest BCUT2D eigenvalue weighted by Gasteiger charge is 2.01. The summed E-state index contributed by atoms with van der Waals surface area (Å²) >= 11 is 0. The van der Waals surface area contributed by atoms with E-state index < -0.39 is 6.09 Å². The van der Waals surface area contributed by atoms with Gasteiger partial charge in [-0.25, -0.2) is 4.79 Å². The fraction of sp³-hybridized carbons (Fsp3) is 0.111. The van der Waals surface area contributed by atoms with Gasteiger partial charge in [-0.3, -0.25) is 10.3 Å². The molecule has 1 aromatic rings. The van der Waals surface area contributed by atoms with Crippen molar-refractivity contribution in [3.63, 3.8) is 0 Å². The Hall–Kier alpha value is -2.02. The first kappa shape index (κ1) is 9.07. The minimum Gasteiger partial charge on any atom is -0.465 e. The fourth-order valence-electron chi connectivity index (χ4n) is 0.853. The Labute approximate surface area is 75.6 Å². The molecule has 0 saturated carbocycles. The van der Waals surface area contributed by atoms with E-state index in [9.17, 15) is 4.79 Å². The van der Waals surface area contributed by atoms with Crippen molar-refractivity contribution in [1.82, 2.24) is 4.98 Å². The molecule has 0 spiro atoms. The number of aromatic nitrogens is 1. The van der Waals surface area contributed by atoms with E-state index in [0.29, 0.717) is 11.3 Å². The predicted molar refractivity (Wildman–Crippen MR) is 48.4 cm³/mol. The molecule has 1 rings (SSSR count). The Bertz CT molecular complexity index is 377. The van der Waals surface area contributed by atoms with Gasteiger partial charge in [-0.1, -0.05) is 5.92 Å². The van der Waals surface area contributed by atoms with Gasteiger partial charge < -0.3 is 5.11 Å². The number of carboxylic acid groups (broad SMARTS) is 1. The molecule has 13 heavy (non-hydrogen) atoms. The highest BCUT2D eigenvalue weighted by Crippen LogP contribution is 2.11. The quantitative estimate of drug-likeness (QED) is 0.638. The zero-order valence-electron chi connectivity index (χ0n) is 7.03. The van der Waals surface area contributed by atoms with Gasteiger partial charge >= 0.3 is 6.09 Å². The van der Waals surface area contributed by atoms with E-state index in [1.807, 2.05) is 0 Å². The van der Waals surface area contributed by atoms with Crippen molar-refractivity contribution in [2.75, 3.05) is 5.32 Å². The van der Waals surface area contributed by atoms with Gasteiger partial charge in [0.05, 0.1) is 11.3 Å². The van der Waals surface area contributed by atoms with Crippen LogP contribution in [0.1, 0.15) is 12.5 Å². The summed E-state index contributed by atoms with van der Waals surface area (Å²) in [5.41, 5.74) is 1.03. The van der Waals surface area contributed by atoms with Crippen molar-refractivity contribution in [3.05, 3.63) is 24.0 Å². The molecule has 0 aliphatic rings. The lowest BCUT2D eigenvalue weighted by molar-refractivity contribution is 0.209. The van der Waals surface area contributed by atoms with E-state index >= 15 is 0 Å². The molecule has 4 heteroatoms. The van der Waals surface area contributed by atoms with E-state index in [1.54, 1.807) is 13.0 Å². The Morgan fingerprint density at radius 1 is 1.69 bits per heavy atom. The maximum atomic E-state index is 10.3. The standard InChI is InChI=1S/C9H8N2O2/c1-2-3-7-6-10-5-4-8(7)11-9(12)13/h4-6H,1H3,(H,10,11)(H,12,13). The van der Waals surface area contributed by atoms with Crippen molar-refractivity contribution in [3.8, 4) is 11.8 Å². The van der Waals surface area contributed by atoms with Gasteiger partial charge in [-0.2, -0.15) is 0 Å². The van der Waals surface area contributed by atoms with E-state index in [2.05, 4.69) is 22.1 Å². The Kier molecular flexibility index (Phi) is 2.87. The second-order valence-corrected chi connectivity index (χ2v) is 2.23. The SMILES string of the molecule is CC#Cc1cnccc1NC(=O)O. The highest BCUT2D eigenvalue weighted by atomic mass is 16.4. The number of nitrogens with zero attached hydrogens (tertiary/aromatic N) is 1. The molecule has 0 radical (unpaired) electrons. The fourth-order valence-corrected chi connectivity index (χ4v) is 0.853. The van der Waals surface area contributed by atoms with Crippen LogP contribution in [-0.2, 0) is 0 Å². The summed E-state index contributed by atoms with van der Waals surface area (Å²) in [6.45, 7) is 1.68. The molecule has 1 amide bonds. The molecule has 0 saturated heterocycles. The lowest BCUT2D eigenvalue weighted by Gasteiger charge is -2.01. The second-order valence-electron chi connectivity index (χ2n) is 2.23. The third kappa shape index (κ3) is 2.49. The van der Waals surface area contributed by atoms with E-state index in [-0.39, 0.29) is 0 Å². The van der Waals surface area contributed by atoms with Gasteiger partial charge in [0.15, 0.2) is 0 Å². The van der Waals surface area contributed by atoms with Crippen molar-refractivity contribution in [1.29, 1.82) is 0 Å². The lowest BCUT2D eigenvalue weighted by Crippen LogP contribution is -2.08. The summed E-state index contributed by atoms with van der Waals surface area (Å²) in [6.07, 6.45) is 1.92. The summed E-state index contributed by atoms with van der Waals surface area (Å²) in [7, 11) is 0. The van der Waals surface area contributed by atoms with E-state index in [1.165, 1.54) is 12.4 Å². The third-order valence-corrected chi connectivity index (χ3v) is 1.32. The monoisotopic (exact) mass is 176 g/mol. The first-order valence-electron chi connectivity index (χ1n) is 3.60. The molecule has 0 aliphatic heterocycles. The van der Waals surface area contributed by atoms with Crippen LogP contribution in [0.3, 0.4) is 0 Å². The summed E-state index contributed by atoms with van der Waals surface area (Å²) in [4.78, 5) is 14.2. The number of anilines is 1. The molecule has 2 N–H and O–H groups in total. The highest BCUT2D eigenvalue weighted by molar-refractivity contribution is 5.84. The molecule has 4 nitrogen and oxygen atoms in total. The lowest BCUT2D eigenvalue weighted by atomic mass is 10.2. The van der Waals surface area contributed by atoms with E-state index in [4.69, 9.17) is 5.11 Å². The van der Waals surface area contributed by atoms with Crippen molar-refractivity contribution >= 4 is 11.8 Å². The normalized spacial score (nSPS) is 8.38. The Balaban J connectivity index is 3.02. The molecule has 0 aromatic carbocycles. The summed E-state index contributed by atoms with van der Waals surface area (Å²) in [5, 5.41) is 10.7. The number of rotatable bonds is 1. The van der Waals surface area contributed by atoms with Gasteiger partial charge in [0.25, 0.3) is 0 Å². The molecule has 1 aromatic heterocycles. The molecular formula is C9H8N2O2. The molecule has 66 valence electrons. The van der Waals surface area contributed by atoms with Gasteiger partial charge in [-0.15, -0.1) is 5.92 Å². The maximum Gasteiger partial charge on any atom is 0.409 e. The molecule has 0 unspecified atom stereocenters. The number of amides is 1. The van der Waals surface area contributed by atoms with Crippen molar-refractivity contribution in [2.24, 2.45) is 0 Å². The van der Waals surface area contributed by atoms with Crippen LogP contribution in [0.15, 0.2) is 18.5 Å². The smallest absolute Gasteiger partial charge is 0.409 e. The Morgan fingerprint density at radius 2 is 2.46 bits per heavy atom. The van der Waals surface area contributed by atoms with Crippen LogP contribution in [-0.4, -0.2) is 16.2 Å². The zero-order chi connectivity index (χ0) is 9.68. The average Bonchev–Trinajstić information content (AvgIpc) is 2.08. The van der Waals surface area contributed by atoms with Crippen LogP contribution in [0.2, 0.25) is 0 Å². The zero-order valence-corrected chi connectivity index (χ0v) is 7.03. The molecule has 1 heterocycles. The van der Waals surface area contributed by atoms with Crippen LogP contribution in [0, 0.1) is 11.8 Å². The topological polar surface area (TPSA) is 62.2 Å². The average molecular weight is 176 g/mol. The summed E-state index contributed by atoms with van der Waals surface area (Å²) in [5.74, 6) is 5.42. The minimum absolute atomic E-state index is 0.455. The van der Waals surface area contributed by atoms with Crippen molar-refractivity contribution in [2.45, 2.75) is 6.92 Å². The second kappa shape index (κ2) is 4.12. The van der Waals surface area contributed by atoms with Crippen LogP contribution in [0.4, 0.5) is 10.5 Å². The summed E-state index contributed by atoms with van der Waals surface area (Å²) < 4.78 is 0. The molecule has 0 atom stereocenters. The molecule has 0 fully saturated rings. The maximum absolute atomic E-state index is 10.3. The summed E-state index contributed by atoms with van der Waals surface area (Å²) in [6, 6.07) is 1.56. The number of pyridine rings is 1. The molecule has 0 bridgehead atoms. The van der Waals surface area contributed by atoms with Gasteiger partial charge in [0, 0.05) is 12.4 Å².